The molecule has 0 saturated carbocycles. The maximum atomic E-state index is 13.2. The van der Waals surface area contributed by atoms with E-state index in [0.29, 0.717) is 41.0 Å². The molecule has 0 heterocycles. The number of benzene rings is 4. The molecule has 0 spiro atoms. The Morgan fingerprint density at radius 1 is 0.800 bits per heavy atom. The second-order valence-corrected chi connectivity index (χ2v) is 9.13. The first-order valence-corrected chi connectivity index (χ1v) is 12.1. The first-order valence-electron chi connectivity index (χ1n) is 10.8. The Bertz CT molecular complexity index is 1260. The molecule has 35 heavy (non-hydrogen) atoms. The summed E-state index contributed by atoms with van der Waals surface area (Å²) in [5, 5.41) is 1.14. The predicted octanol–water partition coefficient (Wildman–Crippen LogP) is 3.77. The molecule has 0 aromatic heterocycles. The van der Waals surface area contributed by atoms with Gasteiger partial charge in [-0.05, 0) is 44.0 Å². The fourth-order valence-corrected chi connectivity index (χ4v) is 4.76. The number of halogens is 1. The Morgan fingerprint density at radius 2 is 1.43 bits per heavy atom. The zero-order valence-corrected chi connectivity index (χ0v) is 21.4. The van der Waals surface area contributed by atoms with Crippen LogP contribution in [-0.2, 0) is 13.2 Å². The molecule has 0 radical (unpaired) electrons. The van der Waals surface area contributed by atoms with Crippen molar-refractivity contribution in [2.45, 2.75) is 13.2 Å². The van der Waals surface area contributed by atoms with Crippen molar-refractivity contribution >= 4 is 31.0 Å². The topological polar surface area (TPSA) is 44.8 Å². The van der Waals surface area contributed by atoms with Gasteiger partial charge in [-0.25, -0.2) is 0 Å². The number of methoxy groups -OCH3 is 1. The predicted molar refractivity (Wildman–Crippen MR) is 139 cm³/mol. The number of hydrogen-bond acceptors (Lipinski definition) is 4. The van der Waals surface area contributed by atoms with Crippen LogP contribution < -0.4 is 38.4 Å². The Hall–Kier alpha value is -2.73. The SMILES string of the molecule is COc1cccc(Cl)c1C(=O)Pc1ccc(OCc2ccccc2)cc1OCc1ccccc1.[H-].[Li+]. The minimum atomic E-state index is -0.195. The van der Waals surface area contributed by atoms with E-state index in [1.165, 1.54) is 7.11 Å². The van der Waals surface area contributed by atoms with Gasteiger partial charge in [0.1, 0.15) is 30.5 Å². The van der Waals surface area contributed by atoms with Gasteiger partial charge in [0.25, 0.3) is 0 Å². The molecule has 174 valence electrons. The average Bonchev–Trinajstić information content (AvgIpc) is 2.88. The summed E-state index contributed by atoms with van der Waals surface area (Å²) in [6, 6.07) is 30.6. The summed E-state index contributed by atoms with van der Waals surface area (Å²) in [5.74, 6) is 1.73. The number of hydrogen-bond donors (Lipinski definition) is 0. The summed E-state index contributed by atoms with van der Waals surface area (Å²) in [6.45, 7) is 0.820. The van der Waals surface area contributed by atoms with E-state index in [9.17, 15) is 4.79 Å². The van der Waals surface area contributed by atoms with E-state index in [4.69, 9.17) is 25.8 Å². The molecule has 4 rings (SSSR count). The van der Waals surface area contributed by atoms with Crippen molar-refractivity contribution in [3.05, 3.63) is 119 Å². The normalized spacial score (nSPS) is 10.6. The minimum Gasteiger partial charge on any atom is -1.00 e. The average molecular weight is 499 g/mol. The fourth-order valence-electron chi connectivity index (χ4n) is 3.37. The first-order chi connectivity index (χ1) is 16.6. The van der Waals surface area contributed by atoms with Crippen LogP contribution in [0.25, 0.3) is 0 Å². The third-order valence-electron chi connectivity index (χ3n) is 5.11. The van der Waals surface area contributed by atoms with E-state index in [2.05, 4.69) is 0 Å². The van der Waals surface area contributed by atoms with Gasteiger partial charge in [0.2, 0.25) is 0 Å². The molecule has 0 aliphatic heterocycles. The van der Waals surface area contributed by atoms with Crippen LogP contribution in [0.15, 0.2) is 97.1 Å². The number of carbonyl (C=O) groups excluding carboxylic acids is 1. The molecule has 1 unspecified atom stereocenters. The zero-order chi connectivity index (χ0) is 23.8. The third kappa shape index (κ3) is 7.37. The van der Waals surface area contributed by atoms with E-state index >= 15 is 0 Å². The van der Waals surface area contributed by atoms with Gasteiger partial charge in [0, 0.05) is 11.4 Å². The molecule has 0 amide bonds. The summed E-state index contributed by atoms with van der Waals surface area (Å²) >= 11 is 6.33. The standard InChI is InChI=1S/C28H24ClO4P.Li.H/c1-31-24-14-8-13-23(29)27(24)28(30)34-26-16-15-22(32-18-20-9-4-2-5-10-20)17-25(26)33-19-21-11-6-3-7-12-21;;/h2-17,34H,18-19H2,1H3;;/q;+1;-1. The van der Waals surface area contributed by atoms with Crippen molar-refractivity contribution in [1.29, 1.82) is 0 Å². The van der Waals surface area contributed by atoms with Gasteiger partial charge in [0.05, 0.1) is 17.7 Å². The summed E-state index contributed by atoms with van der Waals surface area (Å²) in [5.41, 5.74) is 2.36. The van der Waals surface area contributed by atoms with Gasteiger partial charge in [-0.2, -0.15) is 0 Å². The summed E-state index contributed by atoms with van der Waals surface area (Å²) < 4.78 is 17.5. The quantitative estimate of drug-likeness (QED) is 0.247. The van der Waals surface area contributed by atoms with Crippen LogP contribution in [0.4, 0.5) is 0 Å². The molecule has 4 aromatic carbocycles. The van der Waals surface area contributed by atoms with E-state index in [1.54, 1.807) is 18.2 Å². The molecule has 0 fully saturated rings. The smallest absolute Gasteiger partial charge is 1.00 e. The molecule has 0 aliphatic rings. The maximum absolute atomic E-state index is 13.2. The van der Waals surface area contributed by atoms with Crippen molar-refractivity contribution in [2.24, 2.45) is 0 Å². The Labute approximate surface area is 226 Å². The van der Waals surface area contributed by atoms with Crippen molar-refractivity contribution in [2.75, 3.05) is 7.11 Å². The van der Waals surface area contributed by atoms with E-state index in [0.717, 1.165) is 16.4 Å². The van der Waals surface area contributed by atoms with Crippen LogP contribution in [0.3, 0.4) is 0 Å². The molecule has 0 bridgehead atoms. The molecule has 1 atom stereocenters. The Balaban J connectivity index is 0.00000228. The van der Waals surface area contributed by atoms with Crippen molar-refractivity contribution in [1.82, 2.24) is 0 Å². The van der Waals surface area contributed by atoms with Gasteiger partial charge in [-0.3, -0.25) is 4.79 Å². The molecule has 7 heteroatoms. The second-order valence-electron chi connectivity index (χ2n) is 7.48. The summed E-state index contributed by atoms with van der Waals surface area (Å²) in [7, 11) is 1.33. The summed E-state index contributed by atoms with van der Waals surface area (Å²) in [4.78, 5) is 13.2. The molecule has 0 aliphatic carbocycles. The van der Waals surface area contributed by atoms with Gasteiger partial charge < -0.3 is 15.6 Å². The van der Waals surface area contributed by atoms with Crippen LogP contribution >= 0.6 is 20.2 Å². The van der Waals surface area contributed by atoms with Crippen LogP contribution in [-0.4, -0.2) is 12.6 Å². The second kappa shape index (κ2) is 13.4. The fraction of sp³-hybridized carbons (Fsp3) is 0.107. The van der Waals surface area contributed by atoms with Crippen molar-refractivity contribution in [3.63, 3.8) is 0 Å². The molecule has 4 aromatic rings. The van der Waals surface area contributed by atoms with Gasteiger partial charge in [-0.1, -0.05) is 78.3 Å². The van der Waals surface area contributed by atoms with Crippen LogP contribution in [0.5, 0.6) is 17.2 Å². The van der Waals surface area contributed by atoms with Gasteiger partial charge >= 0.3 is 18.9 Å². The molecular formula is C28H25ClLiO4P. The molecule has 4 nitrogen and oxygen atoms in total. The monoisotopic (exact) mass is 498 g/mol. The largest absolute Gasteiger partial charge is 1.00 e. The summed E-state index contributed by atoms with van der Waals surface area (Å²) in [6.07, 6.45) is 0. The Kier molecular flexibility index (Phi) is 10.3. The van der Waals surface area contributed by atoms with Crippen LogP contribution in [0.2, 0.25) is 5.02 Å². The van der Waals surface area contributed by atoms with Crippen LogP contribution in [0.1, 0.15) is 22.9 Å². The Morgan fingerprint density at radius 3 is 2.06 bits per heavy atom. The van der Waals surface area contributed by atoms with E-state index in [-0.39, 0.29) is 34.4 Å². The van der Waals surface area contributed by atoms with E-state index in [1.807, 2.05) is 78.9 Å². The minimum absolute atomic E-state index is 0. The molecular weight excluding hydrogens is 474 g/mol. The van der Waals surface area contributed by atoms with E-state index < -0.39 is 0 Å². The molecule has 0 N–H and O–H groups in total. The molecule has 0 saturated heterocycles. The van der Waals surface area contributed by atoms with Gasteiger partial charge in [0.15, 0.2) is 5.52 Å². The number of rotatable bonds is 10. The van der Waals surface area contributed by atoms with Crippen LogP contribution in [0, 0.1) is 0 Å². The zero-order valence-electron chi connectivity index (χ0n) is 20.7. The first kappa shape index (κ1) is 26.9. The third-order valence-corrected chi connectivity index (χ3v) is 6.58. The maximum Gasteiger partial charge on any atom is 1.00 e. The number of carbonyl (C=O) groups is 1. The number of ether oxygens (including phenoxy) is 3. The van der Waals surface area contributed by atoms with Crippen molar-refractivity contribution < 1.29 is 39.3 Å². The van der Waals surface area contributed by atoms with Crippen molar-refractivity contribution in [3.8, 4) is 17.2 Å². The van der Waals surface area contributed by atoms with Gasteiger partial charge in [-0.15, -0.1) is 0 Å².